The van der Waals surface area contributed by atoms with Crippen LogP contribution in [0.3, 0.4) is 0 Å². The van der Waals surface area contributed by atoms with Gasteiger partial charge in [-0.15, -0.1) is 0 Å². The first-order valence-corrected chi connectivity index (χ1v) is 9.56. The van der Waals surface area contributed by atoms with E-state index in [1.807, 2.05) is 24.3 Å². The summed E-state index contributed by atoms with van der Waals surface area (Å²) in [5.74, 6) is 0.557. The van der Waals surface area contributed by atoms with Crippen molar-refractivity contribution in [1.82, 2.24) is 9.80 Å². The number of morpholine rings is 1. The molecule has 27 heavy (non-hydrogen) atoms. The standard InChI is InChI=1S/C20H29N3O4/c1-15(2)21-10-11-27-16(13-21)12-19(24)22-8-9-23(20(25)14-22)17-6-4-5-7-18(17)26-3/h4-7,15-16H,8-14H2,1-3H3/t16-/m0/s1. The van der Waals surface area contributed by atoms with Crippen LogP contribution in [-0.4, -0.2) is 80.2 Å². The molecule has 0 N–H and O–H groups in total. The van der Waals surface area contributed by atoms with Crippen LogP contribution in [0.25, 0.3) is 0 Å². The monoisotopic (exact) mass is 375 g/mol. The van der Waals surface area contributed by atoms with Gasteiger partial charge in [-0.1, -0.05) is 12.1 Å². The molecule has 7 nitrogen and oxygen atoms in total. The number of hydrogen-bond acceptors (Lipinski definition) is 5. The molecular weight excluding hydrogens is 346 g/mol. The van der Waals surface area contributed by atoms with E-state index >= 15 is 0 Å². The van der Waals surface area contributed by atoms with Crippen LogP contribution in [0.4, 0.5) is 5.69 Å². The summed E-state index contributed by atoms with van der Waals surface area (Å²) in [7, 11) is 1.59. The first kappa shape index (κ1) is 19.6. The fourth-order valence-electron chi connectivity index (χ4n) is 3.65. The van der Waals surface area contributed by atoms with Crippen LogP contribution in [0.15, 0.2) is 24.3 Å². The number of piperazine rings is 1. The highest BCUT2D eigenvalue weighted by molar-refractivity contribution is 5.99. The molecule has 1 atom stereocenters. The van der Waals surface area contributed by atoms with Gasteiger partial charge in [-0.2, -0.15) is 0 Å². The number of rotatable bonds is 5. The summed E-state index contributed by atoms with van der Waals surface area (Å²) in [5, 5.41) is 0. The Morgan fingerprint density at radius 3 is 2.74 bits per heavy atom. The minimum absolute atomic E-state index is 0.0152. The van der Waals surface area contributed by atoms with Crippen LogP contribution in [0, 0.1) is 0 Å². The Kier molecular flexibility index (Phi) is 6.34. The van der Waals surface area contributed by atoms with E-state index in [9.17, 15) is 9.59 Å². The average molecular weight is 375 g/mol. The molecular formula is C20H29N3O4. The van der Waals surface area contributed by atoms with Crippen molar-refractivity contribution in [1.29, 1.82) is 0 Å². The molecule has 2 aliphatic rings. The first-order valence-electron chi connectivity index (χ1n) is 9.56. The van der Waals surface area contributed by atoms with Crippen molar-refractivity contribution < 1.29 is 19.1 Å². The van der Waals surface area contributed by atoms with E-state index < -0.39 is 0 Å². The molecule has 2 aliphatic heterocycles. The number of benzene rings is 1. The highest BCUT2D eigenvalue weighted by atomic mass is 16.5. The summed E-state index contributed by atoms with van der Waals surface area (Å²) < 4.78 is 11.1. The highest BCUT2D eigenvalue weighted by Gasteiger charge is 2.32. The maximum atomic E-state index is 12.7. The predicted octanol–water partition coefficient (Wildman–Crippen LogP) is 1.37. The van der Waals surface area contributed by atoms with Gasteiger partial charge in [0.1, 0.15) is 12.3 Å². The Labute approximate surface area is 160 Å². The summed E-state index contributed by atoms with van der Waals surface area (Å²) in [5.41, 5.74) is 0.750. The van der Waals surface area contributed by atoms with Crippen LogP contribution in [0.2, 0.25) is 0 Å². The molecule has 148 valence electrons. The number of para-hydroxylation sites is 2. The predicted molar refractivity (Wildman–Crippen MR) is 103 cm³/mol. The molecule has 0 aromatic heterocycles. The minimum atomic E-state index is -0.101. The molecule has 2 saturated heterocycles. The zero-order chi connectivity index (χ0) is 19.4. The van der Waals surface area contributed by atoms with Gasteiger partial charge < -0.3 is 19.3 Å². The third-order valence-corrected chi connectivity index (χ3v) is 5.25. The van der Waals surface area contributed by atoms with Gasteiger partial charge in [0, 0.05) is 32.2 Å². The SMILES string of the molecule is COc1ccccc1N1CCN(C(=O)C[C@H]2CN(C(C)C)CCO2)CC1=O. The van der Waals surface area contributed by atoms with Crippen molar-refractivity contribution in [3.63, 3.8) is 0 Å². The first-order chi connectivity index (χ1) is 13.0. The minimum Gasteiger partial charge on any atom is -0.495 e. The summed E-state index contributed by atoms with van der Waals surface area (Å²) in [6, 6.07) is 7.89. The number of carbonyl (C=O) groups is 2. The van der Waals surface area contributed by atoms with Gasteiger partial charge in [-0.05, 0) is 26.0 Å². The summed E-state index contributed by atoms with van der Waals surface area (Å²) in [4.78, 5) is 31.0. The number of carbonyl (C=O) groups excluding carboxylic acids is 2. The summed E-state index contributed by atoms with van der Waals surface area (Å²) >= 11 is 0. The van der Waals surface area contributed by atoms with Crippen LogP contribution < -0.4 is 9.64 Å². The second kappa shape index (κ2) is 8.71. The highest BCUT2D eigenvalue weighted by Crippen LogP contribution is 2.29. The fourth-order valence-corrected chi connectivity index (χ4v) is 3.65. The summed E-state index contributed by atoms with van der Waals surface area (Å²) in [6.45, 7) is 7.70. The maximum absolute atomic E-state index is 12.7. The van der Waals surface area contributed by atoms with Crippen molar-refractivity contribution in [2.45, 2.75) is 32.4 Å². The van der Waals surface area contributed by atoms with E-state index in [-0.39, 0.29) is 24.5 Å². The van der Waals surface area contributed by atoms with Crippen molar-refractivity contribution in [3.05, 3.63) is 24.3 Å². The molecule has 0 radical (unpaired) electrons. The molecule has 2 fully saturated rings. The molecule has 7 heteroatoms. The normalized spacial score (nSPS) is 21.6. The number of ether oxygens (including phenoxy) is 2. The lowest BCUT2D eigenvalue weighted by Gasteiger charge is -2.38. The Bertz CT molecular complexity index is 679. The quantitative estimate of drug-likeness (QED) is 0.778. The van der Waals surface area contributed by atoms with Crippen molar-refractivity contribution in [2.24, 2.45) is 0 Å². The molecule has 0 bridgehead atoms. The van der Waals surface area contributed by atoms with E-state index in [1.54, 1.807) is 16.9 Å². The second-order valence-electron chi connectivity index (χ2n) is 7.32. The Morgan fingerprint density at radius 2 is 2.04 bits per heavy atom. The zero-order valence-electron chi connectivity index (χ0n) is 16.4. The number of nitrogens with zero attached hydrogens (tertiary/aromatic N) is 3. The Balaban J connectivity index is 1.57. The zero-order valence-corrected chi connectivity index (χ0v) is 16.4. The van der Waals surface area contributed by atoms with Gasteiger partial charge in [0.25, 0.3) is 0 Å². The van der Waals surface area contributed by atoms with Gasteiger partial charge in [-0.3, -0.25) is 14.5 Å². The maximum Gasteiger partial charge on any atom is 0.246 e. The third kappa shape index (κ3) is 4.59. The van der Waals surface area contributed by atoms with E-state index in [1.165, 1.54) is 0 Å². The second-order valence-corrected chi connectivity index (χ2v) is 7.32. The van der Waals surface area contributed by atoms with E-state index in [2.05, 4.69) is 18.7 Å². The van der Waals surface area contributed by atoms with Gasteiger partial charge in [0.2, 0.25) is 11.8 Å². The van der Waals surface area contributed by atoms with Gasteiger partial charge >= 0.3 is 0 Å². The van der Waals surface area contributed by atoms with Crippen molar-refractivity contribution in [3.8, 4) is 5.75 Å². The largest absolute Gasteiger partial charge is 0.495 e. The van der Waals surface area contributed by atoms with Crippen LogP contribution in [-0.2, 0) is 14.3 Å². The van der Waals surface area contributed by atoms with Gasteiger partial charge in [0.05, 0.1) is 31.9 Å². The van der Waals surface area contributed by atoms with Crippen molar-refractivity contribution in [2.75, 3.05) is 51.3 Å². The molecule has 2 heterocycles. The fraction of sp³-hybridized carbons (Fsp3) is 0.600. The molecule has 1 aromatic rings. The lowest BCUT2D eigenvalue weighted by atomic mass is 10.1. The third-order valence-electron chi connectivity index (χ3n) is 5.25. The lowest BCUT2D eigenvalue weighted by Crippen LogP contribution is -2.54. The van der Waals surface area contributed by atoms with Crippen LogP contribution in [0.1, 0.15) is 20.3 Å². The average Bonchev–Trinajstić information content (AvgIpc) is 2.68. The van der Waals surface area contributed by atoms with E-state index in [0.29, 0.717) is 37.9 Å². The number of methoxy groups -OCH3 is 1. The molecule has 0 saturated carbocycles. The number of amides is 2. The molecule has 1 aromatic carbocycles. The molecule has 3 rings (SSSR count). The number of hydrogen-bond donors (Lipinski definition) is 0. The molecule has 0 unspecified atom stereocenters. The smallest absolute Gasteiger partial charge is 0.246 e. The number of anilines is 1. The molecule has 2 amide bonds. The Morgan fingerprint density at radius 1 is 1.26 bits per heavy atom. The summed E-state index contributed by atoms with van der Waals surface area (Å²) in [6.07, 6.45) is 0.224. The topological polar surface area (TPSA) is 62.3 Å². The van der Waals surface area contributed by atoms with Crippen LogP contribution in [0.5, 0.6) is 5.75 Å². The van der Waals surface area contributed by atoms with Crippen LogP contribution >= 0.6 is 0 Å². The van der Waals surface area contributed by atoms with Gasteiger partial charge in [-0.25, -0.2) is 0 Å². The Hall–Kier alpha value is -2.12. The van der Waals surface area contributed by atoms with E-state index in [0.717, 1.165) is 18.8 Å². The van der Waals surface area contributed by atoms with E-state index in [4.69, 9.17) is 9.47 Å². The molecule has 0 aliphatic carbocycles. The van der Waals surface area contributed by atoms with Crippen molar-refractivity contribution >= 4 is 17.5 Å². The molecule has 0 spiro atoms. The van der Waals surface area contributed by atoms with Gasteiger partial charge in [0.15, 0.2) is 0 Å². The lowest BCUT2D eigenvalue weighted by molar-refractivity contribution is -0.141.